The zero-order valence-electron chi connectivity index (χ0n) is 11.2. The standard InChI is InChI=1S/C15H17ClN2O2/c1-20-15-12(3-2-8-18-15)9-17-10-14(19)11-4-6-13(16)7-5-11/h2-8,14,17,19H,9-10H2,1H3. The summed E-state index contributed by atoms with van der Waals surface area (Å²) in [5, 5.41) is 13.9. The fraction of sp³-hybridized carbons (Fsp3) is 0.267. The van der Waals surface area contributed by atoms with E-state index in [1.165, 1.54) is 0 Å². The number of pyridine rings is 1. The van der Waals surface area contributed by atoms with Gasteiger partial charge in [-0.25, -0.2) is 4.98 Å². The van der Waals surface area contributed by atoms with Crippen LogP contribution in [-0.2, 0) is 6.54 Å². The first-order valence-electron chi connectivity index (χ1n) is 6.33. The van der Waals surface area contributed by atoms with Crippen molar-refractivity contribution in [3.8, 4) is 5.88 Å². The molecule has 0 aliphatic heterocycles. The molecule has 1 aromatic carbocycles. The maximum atomic E-state index is 10.1. The highest BCUT2D eigenvalue weighted by Gasteiger charge is 2.08. The summed E-state index contributed by atoms with van der Waals surface area (Å²) in [6, 6.07) is 11.0. The normalized spacial score (nSPS) is 12.2. The SMILES string of the molecule is COc1ncccc1CNCC(O)c1ccc(Cl)cc1. The molecule has 1 aromatic heterocycles. The summed E-state index contributed by atoms with van der Waals surface area (Å²) in [5.41, 5.74) is 1.79. The number of aliphatic hydroxyl groups is 1. The highest BCUT2D eigenvalue weighted by Crippen LogP contribution is 2.17. The largest absolute Gasteiger partial charge is 0.481 e. The number of ether oxygens (including phenoxy) is 1. The molecule has 0 aliphatic rings. The quantitative estimate of drug-likeness (QED) is 0.859. The second-order valence-corrected chi connectivity index (χ2v) is 4.81. The van der Waals surface area contributed by atoms with Gasteiger partial charge in [0.1, 0.15) is 0 Å². The van der Waals surface area contributed by atoms with Gasteiger partial charge < -0.3 is 15.2 Å². The predicted molar refractivity (Wildman–Crippen MR) is 78.9 cm³/mol. The summed E-state index contributed by atoms with van der Waals surface area (Å²) in [4.78, 5) is 4.12. The van der Waals surface area contributed by atoms with E-state index < -0.39 is 6.10 Å². The van der Waals surface area contributed by atoms with Crippen molar-refractivity contribution in [2.24, 2.45) is 0 Å². The van der Waals surface area contributed by atoms with Gasteiger partial charge in [-0.2, -0.15) is 0 Å². The van der Waals surface area contributed by atoms with Crippen LogP contribution in [0.5, 0.6) is 5.88 Å². The molecular formula is C15H17ClN2O2. The molecule has 0 saturated heterocycles. The first-order chi connectivity index (χ1) is 9.70. The van der Waals surface area contributed by atoms with Crippen molar-refractivity contribution in [3.63, 3.8) is 0 Å². The molecule has 1 unspecified atom stereocenters. The molecule has 5 heteroatoms. The van der Waals surface area contributed by atoms with E-state index >= 15 is 0 Å². The monoisotopic (exact) mass is 292 g/mol. The molecule has 2 rings (SSSR count). The highest BCUT2D eigenvalue weighted by molar-refractivity contribution is 6.30. The van der Waals surface area contributed by atoms with Crippen molar-refractivity contribution in [2.45, 2.75) is 12.6 Å². The fourth-order valence-corrected chi connectivity index (χ4v) is 2.01. The Kier molecular flexibility index (Phi) is 5.35. The Labute approximate surface area is 123 Å². The molecule has 0 aliphatic carbocycles. The highest BCUT2D eigenvalue weighted by atomic mass is 35.5. The summed E-state index contributed by atoms with van der Waals surface area (Å²) >= 11 is 5.82. The Bertz CT molecular complexity index is 546. The van der Waals surface area contributed by atoms with E-state index in [1.54, 1.807) is 25.4 Å². The Hall–Kier alpha value is -1.62. The molecule has 0 spiro atoms. The Morgan fingerprint density at radius 3 is 2.75 bits per heavy atom. The maximum absolute atomic E-state index is 10.1. The first-order valence-corrected chi connectivity index (χ1v) is 6.70. The molecule has 1 heterocycles. The zero-order valence-corrected chi connectivity index (χ0v) is 12.0. The van der Waals surface area contributed by atoms with Crippen molar-refractivity contribution >= 4 is 11.6 Å². The van der Waals surface area contributed by atoms with Crippen LogP contribution in [0.3, 0.4) is 0 Å². The van der Waals surface area contributed by atoms with Crippen LogP contribution in [-0.4, -0.2) is 23.7 Å². The van der Waals surface area contributed by atoms with Crippen molar-refractivity contribution in [1.82, 2.24) is 10.3 Å². The van der Waals surface area contributed by atoms with Crippen LogP contribution >= 0.6 is 11.6 Å². The third-order valence-corrected chi connectivity index (χ3v) is 3.20. The van der Waals surface area contributed by atoms with Gasteiger partial charge in [0.2, 0.25) is 5.88 Å². The van der Waals surface area contributed by atoms with Crippen LogP contribution in [0.2, 0.25) is 5.02 Å². The number of nitrogens with zero attached hydrogens (tertiary/aromatic N) is 1. The van der Waals surface area contributed by atoms with Crippen LogP contribution in [0.15, 0.2) is 42.6 Å². The number of halogens is 1. The molecule has 0 amide bonds. The molecule has 4 nitrogen and oxygen atoms in total. The lowest BCUT2D eigenvalue weighted by atomic mass is 10.1. The van der Waals surface area contributed by atoms with E-state index in [0.717, 1.165) is 11.1 Å². The van der Waals surface area contributed by atoms with Crippen LogP contribution in [0, 0.1) is 0 Å². The number of nitrogens with one attached hydrogen (secondary N) is 1. The number of hydrogen-bond acceptors (Lipinski definition) is 4. The lowest BCUT2D eigenvalue weighted by Gasteiger charge is -2.13. The topological polar surface area (TPSA) is 54.4 Å². The van der Waals surface area contributed by atoms with Crippen LogP contribution in [0.25, 0.3) is 0 Å². The minimum absolute atomic E-state index is 0.444. The summed E-state index contributed by atoms with van der Waals surface area (Å²) in [6.45, 7) is 1.03. The van der Waals surface area contributed by atoms with Crippen molar-refractivity contribution < 1.29 is 9.84 Å². The number of aromatic nitrogens is 1. The third kappa shape index (κ3) is 3.93. The molecule has 2 aromatic rings. The molecule has 0 bridgehead atoms. The van der Waals surface area contributed by atoms with Crippen molar-refractivity contribution in [2.75, 3.05) is 13.7 Å². The number of aliphatic hydroxyl groups excluding tert-OH is 1. The van der Waals surface area contributed by atoms with Crippen molar-refractivity contribution in [1.29, 1.82) is 0 Å². The Balaban J connectivity index is 1.87. The zero-order chi connectivity index (χ0) is 14.4. The molecular weight excluding hydrogens is 276 g/mol. The van der Waals surface area contributed by atoms with E-state index in [4.69, 9.17) is 16.3 Å². The Morgan fingerprint density at radius 1 is 1.30 bits per heavy atom. The van der Waals surface area contributed by atoms with Gasteiger partial charge in [0.05, 0.1) is 13.2 Å². The molecule has 0 fully saturated rings. The van der Waals surface area contributed by atoms with E-state index in [1.807, 2.05) is 24.3 Å². The van der Waals surface area contributed by atoms with Gasteiger partial charge >= 0.3 is 0 Å². The second kappa shape index (κ2) is 7.24. The van der Waals surface area contributed by atoms with Gasteiger partial charge in [0, 0.05) is 29.9 Å². The molecule has 2 N–H and O–H groups in total. The minimum atomic E-state index is -0.574. The van der Waals surface area contributed by atoms with E-state index in [2.05, 4.69) is 10.3 Å². The number of rotatable bonds is 6. The molecule has 106 valence electrons. The minimum Gasteiger partial charge on any atom is -0.481 e. The summed E-state index contributed by atoms with van der Waals surface area (Å²) < 4.78 is 5.17. The van der Waals surface area contributed by atoms with Crippen LogP contribution in [0.4, 0.5) is 0 Å². The van der Waals surface area contributed by atoms with Crippen LogP contribution in [0.1, 0.15) is 17.2 Å². The van der Waals surface area contributed by atoms with Crippen molar-refractivity contribution in [3.05, 3.63) is 58.7 Å². The third-order valence-electron chi connectivity index (χ3n) is 2.95. The smallest absolute Gasteiger partial charge is 0.217 e. The maximum Gasteiger partial charge on any atom is 0.217 e. The van der Waals surface area contributed by atoms with E-state index in [9.17, 15) is 5.11 Å². The average Bonchev–Trinajstić information content (AvgIpc) is 2.48. The lowest BCUT2D eigenvalue weighted by molar-refractivity contribution is 0.174. The van der Waals surface area contributed by atoms with E-state index in [-0.39, 0.29) is 0 Å². The molecule has 0 radical (unpaired) electrons. The average molecular weight is 293 g/mol. The number of methoxy groups -OCH3 is 1. The van der Waals surface area contributed by atoms with Gasteiger partial charge in [-0.1, -0.05) is 29.8 Å². The first kappa shape index (κ1) is 14.8. The second-order valence-electron chi connectivity index (χ2n) is 4.37. The number of hydrogen-bond donors (Lipinski definition) is 2. The Morgan fingerprint density at radius 2 is 2.05 bits per heavy atom. The van der Waals surface area contributed by atoms with E-state index in [0.29, 0.717) is 24.0 Å². The molecule has 20 heavy (non-hydrogen) atoms. The van der Waals surface area contributed by atoms with Gasteiger partial charge in [0.25, 0.3) is 0 Å². The van der Waals surface area contributed by atoms with Gasteiger partial charge in [-0.15, -0.1) is 0 Å². The summed E-state index contributed by atoms with van der Waals surface area (Å²) in [7, 11) is 1.59. The van der Waals surface area contributed by atoms with Crippen LogP contribution < -0.4 is 10.1 Å². The van der Waals surface area contributed by atoms with Gasteiger partial charge in [-0.3, -0.25) is 0 Å². The molecule has 1 atom stereocenters. The summed E-state index contributed by atoms with van der Waals surface area (Å²) in [6.07, 6.45) is 1.11. The fourth-order valence-electron chi connectivity index (χ4n) is 1.89. The number of benzene rings is 1. The summed E-state index contributed by atoms with van der Waals surface area (Å²) in [5.74, 6) is 0.598. The lowest BCUT2D eigenvalue weighted by Crippen LogP contribution is -2.21. The predicted octanol–water partition coefficient (Wildman–Crippen LogP) is 2.57. The van der Waals surface area contributed by atoms with Gasteiger partial charge in [-0.05, 0) is 23.8 Å². The molecule has 0 saturated carbocycles. The van der Waals surface area contributed by atoms with Gasteiger partial charge in [0.15, 0.2) is 0 Å².